The summed E-state index contributed by atoms with van der Waals surface area (Å²) in [5.41, 5.74) is -0.0430. The molecule has 0 aromatic heterocycles. The van der Waals surface area contributed by atoms with E-state index in [1.54, 1.807) is 0 Å². The van der Waals surface area contributed by atoms with Crippen molar-refractivity contribution in [2.45, 2.75) is 33.6 Å². The molecule has 1 rings (SSSR count). The van der Waals surface area contributed by atoms with E-state index < -0.39 is 0 Å². The standard InChI is InChI=1S/C14H27N3O2/c1-14(2,3)7-12(18)16-9-13(19)17-6-5-11(10-17)8-15-4/h11,15H,5-10H2,1-4H3,(H,16,18). The molecule has 0 radical (unpaired) electrons. The predicted molar refractivity (Wildman–Crippen MR) is 75.7 cm³/mol. The molecule has 1 saturated heterocycles. The van der Waals surface area contributed by atoms with Crippen LogP contribution in [0.15, 0.2) is 0 Å². The molecule has 0 bridgehead atoms. The summed E-state index contributed by atoms with van der Waals surface area (Å²) in [7, 11) is 1.93. The summed E-state index contributed by atoms with van der Waals surface area (Å²) >= 11 is 0. The van der Waals surface area contributed by atoms with E-state index in [4.69, 9.17) is 0 Å². The number of nitrogens with zero attached hydrogens (tertiary/aromatic N) is 1. The van der Waals surface area contributed by atoms with Crippen LogP contribution in [0.25, 0.3) is 0 Å². The normalized spacial score (nSPS) is 19.6. The maximum atomic E-state index is 12.0. The lowest BCUT2D eigenvalue weighted by atomic mass is 9.92. The van der Waals surface area contributed by atoms with E-state index in [9.17, 15) is 9.59 Å². The molecule has 2 N–H and O–H groups in total. The average molecular weight is 269 g/mol. The minimum atomic E-state index is -0.0492. The van der Waals surface area contributed by atoms with Crippen molar-refractivity contribution in [1.29, 1.82) is 0 Å². The highest BCUT2D eigenvalue weighted by Crippen LogP contribution is 2.18. The number of carbonyl (C=O) groups excluding carboxylic acids is 2. The topological polar surface area (TPSA) is 61.4 Å². The van der Waals surface area contributed by atoms with Gasteiger partial charge in [0.15, 0.2) is 0 Å². The summed E-state index contributed by atoms with van der Waals surface area (Å²) in [6, 6.07) is 0. The van der Waals surface area contributed by atoms with Gasteiger partial charge in [-0.25, -0.2) is 0 Å². The molecule has 1 atom stereocenters. The van der Waals surface area contributed by atoms with Crippen LogP contribution in [0.1, 0.15) is 33.6 Å². The Morgan fingerprint density at radius 3 is 2.58 bits per heavy atom. The van der Waals surface area contributed by atoms with Crippen molar-refractivity contribution in [3.05, 3.63) is 0 Å². The van der Waals surface area contributed by atoms with Crippen molar-refractivity contribution in [2.24, 2.45) is 11.3 Å². The molecule has 19 heavy (non-hydrogen) atoms. The molecule has 2 amide bonds. The molecular weight excluding hydrogens is 242 g/mol. The maximum absolute atomic E-state index is 12.0. The highest BCUT2D eigenvalue weighted by Gasteiger charge is 2.26. The first-order valence-corrected chi connectivity index (χ1v) is 7.01. The molecule has 1 fully saturated rings. The zero-order valence-electron chi connectivity index (χ0n) is 12.6. The number of hydrogen-bond acceptors (Lipinski definition) is 3. The SMILES string of the molecule is CNCC1CCN(C(=O)CNC(=O)CC(C)(C)C)C1. The van der Waals surface area contributed by atoms with Gasteiger partial charge in [-0.1, -0.05) is 20.8 Å². The number of nitrogens with one attached hydrogen (secondary N) is 2. The summed E-state index contributed by atoms with van der Waals surface area (Å²) < 4.78 is 0. The molecule has 0 aromatic rings. The molecule has 0 aromatic carbocycles. The second-order valence-corrected chi connectivity index (χ2v) is 6.57. The van der Waals surface area contributed by atoms with Gasteiger partial charge in [0.25, 0.3) is 0 Å². The third-order valence-corrected chi connectivity index (χ3v) is 3.26. The molecule has 110 valence electrons. The Hall–Kier alpha value is -1.10. The smallest absolute Gasteiger partial charge is 0.241 e. The van der Waals surface area contributed by atoms with Crippen LogP contribution in [-0.2, 0) is 9.59 Å². The Morgan fingerprint density at radius 2 is 2.00 bits per heavy atom. The van der Waals surface area contributed by atoms with Crippen LogP contribution in [0, 0.1) is 11.3 Å². The van der Waals surface area contributed by atoms with Crippen molar-refractivity contribution >= 4 is 11.8 Å². The molecule has 1 aliphatic rings. The minimum Gasteiger partial charge on any atom is -0.347 e. The van der Waals surface area contributed by atoms with Gasteiger partial charge in [0.05, 0.1) is 6.54 Å². The van der Waals surface area contributed by atoms with E-state index in [-0.39, 0.29) is 23.8 Å². The molecule has 5 nitrogen and oxygen atoms in total. The molecule has 1 aliphatic heterocycles. The second kappa shape index (κ2) is 6.89. The van der Waals surface area contributed by atoms with Crippen molar-refractivity contribution in [2.75, 3.05) is 33.2 Å². The third-order valence-electron chi connectivity index (χ3n) is 3.26. The van der Waals surface area contributed by atoms with Gasteiger partial charge in [-0.05, 0) is 31.3 Å². The first-order chi connectivity index (χ1) is 8.81. The molecule has 0 aliphatic carbocycles. The first kappa shape index (κ1) is 16.0. The molecular formula is C14H27N3O2. The van der Waals surface area contributed by atoms with Gasteiger partial charge in [0, 0.05) is 19.5 Å². The predicted octanol–water partition coefficient (Wildman–Crippen LogP) is 0.607. The Morgan fingerprint density at radius 1 is 1.32 bits per heavy atom. The van der Waals surface area contributed by atoms with E-state index >= 15 is 0 Å². The van der Waals surface area contributed by atoms with Gasteiger partial charge >= 0.3 is 0 Å². The van der Waals surface area contributed by atoms with Crippen molar-refractivity contribution in [3.8, 4) is 0 Å². The molecule has 1 heterocycles. The van der Waals surface area contributed by atoms with Gasteiger partial charge in [-0.15, -0.1) is 0 Å². The lowest BCUT2D eigenvalue weighted by Gasteiger charge is -2.19. The summed E-state index contributed by atoms with van der Waals surface area (Å²) in [5, 5.41) is 5.85. The Kier molecular flexibility index (Phi) is 5.79. The van der Waals surface area contributed by atoms with Gasteiger partial charge in [0.2, 0.25) is 11.8 Å². The second-order valence-electron chi connectivity index (χ2n) is 6.57. The third kappa shape index (κ3) is 6.05. The van der Waals surface area contributed by atoms with Crippen LogP contribution >= 0.6 is 0 Å². The Balaban J connectivity index is 2.27. The molecule has 1 unspecified atom stereocenters. The summed E-state index contributed by atoms with van der Waals surface area (Å²) in [6.07, 6.45) is 1.49. The van der Waals surface area contributed by atoms with Gasteiger partial charge in [-0.3, -0.25) is 9.59 Å². The highest BCUT2D eigenvalue weighted by atomic mass is 16.2. The van der Waals surface area contributed by atoms with E-state index in [2.05, 4.69) is 10.6 Å². The average Bonchev–Trinajstić information content (AvgIpc) is 2.73. The van der Waals surface area contributed by atoms with Gasteiger partial charge < -0.3 is 15.5 Å². The zero-order valence-corrected chi connectivity index (χ0v) is 12.6. The first-order valence-electron chi connectivity index (χ1n) is 7.01. The largest absolute Gasteiger partial charge is 0.347 e. The van der Waals surface area contributed by atoms with Gasteiger partial charge in [0.1, 0.15) is 0 Å². The van der Waals surface area contributed by atoms with E-state index in [1.165, 1.54) is 0 Å². The number of rotatable bonds is 5. The molecule has 5 heteroatoms. The van der Waals surface area contributed by atoms with Crippen LogP contribution in [-0.4, -0.2) is 49.9 Å². The van der Waals surface area contributed by atoms with Crippen LogP contribution in [0.5, 0.6) is 0 Å². The van der Waals surface area contributed by atoms with Crippen molar-refractivity contribution in [3.63, 3.8) is 0 Å². The van der Waals surface area contributed by atoms with Crippen molar-refractivity contribution < 1.29 is 9.59 Å². The Bertz CT molecular complexity index is 323. The number of carbonyl (C=O) groups is 2. The monoisotopic (exact) mass is 269 g/mol. The summed E-state index contributed by atoms with van der Waals surface area (Å²) in [4.78, 5) is 25.5. The fraction of sp³-hybridized carbons (Fsp3) is 0.857. The summed E-state index contributed by atoms with van der Waals surface area (Å²) in [5.74, 6) is 0.520. The van der Waals surface area contributed by atoms with E-state index in [0.717, 1.165) is 26.1 Å². The van der Waals surface area contributed by atoms with Gasteiger partial charge in [-0.2, -0.15) is 0 Å². The van der Waals surface area contributed by atoms with Crippen LogP contribution in [0.3, 0.4) is 0 Å². The summed E-state index contributed by atoms with van der Waals surface area (Å²) in [6.45, 7) is 8.71. The van der Waals surface area contributed by atoms with Crippen molar-refractivity contribution in [1.82, 2.24) is 15.5 Å². The number of likely N-dealkylation sites (tertiary alicyclic amines) is 1. The lowest BCUT2D eigenvalue weighted by Crippen LogP contribution is -2.40. The van der Waals surface area contributed by atoms with Crippen LogP contribution in [0.4, 0.5) is 0 Å². The quantitative estimate of drug-likeness (QED) is 0.768. The zero-order chi connectivity index (χ0) is 14.5. The fourth-order valence-corrected chi connectivity index (χ4v) is 2.34. The maximum Gasteiger partial charge on any atom is 0.241 e. The number of amides is 2. The molecule has 0 spiro atoms. The van der Waals surface area contributed by atoms with E-state index in [0.29, 0.717) is 12.3 Å². The van der Waals surface area contributed by atoms with Crippen LogP contribution < -0.4 is 10.6 Å². The number of hydrogen-bond donors (Lipinski definition) is 2. The lowest BCUT2D eigenvalue weighted by molar-refractivity contribution is -0.132. The fourth-order valence-electron chi connectivity index (χ4n) is 2.34. The Labute approximate surface area is 116 Å². The van der Waals surface area contributed by atoms with E-state index in [1.807, 2.05) is 32.7 Å². The minimum absolute atomic E-state index is 0.0286. The molecule has 0 saturated carbocycles. The highest BCUT2D eigenvalue weighted by molar-refractivity contribution is 5.85. The van der Waals surface area contributed by atoms with Crippen LogP contribution in [0.2, 0.25) is 0 Å².